The summed E-state index contributed by atoms with van der Waals surface area (Å²) in [7, 11) is 2.14. The number of nitrogens with zero attached hydrogens (tertiary/aromatic N) is 2. The molecule has 1 heterocycles. The molecule has 2 amide bonds. The van der Waals surface area contributed by atoms with Crippen LogP contribution in [0.1, 0.15) is 87.5 Å². The highest BCUT2D eigenvalue weighted by Crippen LogP contribution is 2.45. The molecule has 3 aromatic carbocycles. The average molecular weight is 522 g/mol. The first-order chi connectivity index (χ1) is 18.8. The number of anilines is 1. The van der Waals surface area contributed by atoms with Crippen molar-refractivity contribution >= 4 is 22.6 Å². The molecule has 1 aromatic heterocycles. The van der Waals surface area contributed by atoms with Gasteiger partial charge >= 0.3 is 6.03 Å². The van der Waals surface area contributed by atoms with Crippen molar-refractivity contribution in [3.8, 4) is 0 Å². The van der Waals surface area contributed by atoms with Gasteiger partial charge in [-0.15, -0.1) is 0 Å². The van der Waals surface area contributed by atoms with Crippen LogP contribution in [0.15, 0.2) is 79.0 Å². The standard InChI is InChI=1S/C35H43N3O/c1-25(2)28-17-13-18-29(26(3)4)33(28)36-34(39)38(22-27-14-7-6-8-15-27)24-35(20-11-12-21-35)31-23-37(5)32-19-10-9-16-30(31)32/h6-10,13-19,23,25-26H,11-12,20-22,24H2,1-5H3,(H,36,39). The van der Waals surface area contributed by atoms with Gasteiger partial charge in [-0.05, 0) is 53.0 Å². The fraction of sp³-hybridized carbons (Fsp3) is 0.400. The average Bonchev–Trinajstić information content (AvgIpc) is 3.54. The second-order valence-electron chi connectivity index (χ2n) is 12.1. The normalized spacial score (nSPS) is 14.8. The molecule has 1 saturated carbocycles. The molecule has 4 aromatic rings. The zero-order chi connectivity index (χ0) is 27.6. The highest BCUT2D eigenvalue weighted by molar-refractivity contribution is 5.92. The summed E-state index contributed by atoms with van der Waals surface area (Å²) in [6.45, 7) is 10.1. The van der Waals surface area contributed by atoms with Gasteiger partial charge in [0, 0.05) is 48.3 Å². The lowest BCUT2D eigenvalue weighted by Gasteiger charge is -2.36. The molecule has 0 radical (unpaired) electrons. The van der Waals surface area contributed by atoms with E-state index in [1.54, 1.807) is 0 Å². The number of benzene rings is 3. The summed E-state index contributed by atoms with van der Waals surface area (Å²) < 4.78 is 2.25. The maximum atomic E-state index is 14.3. The molecule has 1 aliphatic carbocycles. The Labute approximate surface area is 234 Å². The van der Waals surface area contributed by atoms with Crippen molar-refractivity contribution in [1.29, 1.82) is 0 Å². The lowest BCUT2D eigenvalue weighted by Crippen LogP contribution is -2.44. The Morgan fingerprint density at radius 3 is 2.13 bits per heavy atom. The fourth-order valence-electron chi connectivity index (χ4n) is 6.58. The van der Waals surface area contributed by atoms with E-state index in [-0.39, 0.29) is 11.4 Å². The van der Waals surface area contributed by atoms with Gasteiger partial charge in [-0.25, -0.2) is 4.79 Å². The zero-order valence-corrected chi connectivity index (χ0v) is 24.2. The van der Waals surface area contributed by atoms with Gasteiger partial charge in [-0.1, -0.05) is 107 Å². The second-order valence-corrected chi connectivity index (χ2v) is 12.1. The molecule has 5 rings (SSSR count). The summed E-state index contributed by atoms with van der Waals surface area (Å²) in [5, 5.41) is 4.74. The smallest absolute Gasteiger partial charge is 0.322 e. The van der Waals surface area contributed by atoms with Gasteiger partial charge < -0.3 is 14.8 Å². The molecule has 0 unspecified atom stereocenters. The van der Waals surface area contributed by atoms with Crippen LogP contribution in [0.3, 0.4) is 0 Å². The predicted molar refractivity (Wildman–Crippen MR) is 164 cm³/mol. The van der Waals surface area contributed by atoms with Crippen LogP contribution in [0.25, 0.3) is 10.9 Å². The number of para-hydroxylation sites is 2. The van der Waals surface area contributed by atoms with Crippen molar-refractivity contribution < 1.29 is 4.79 Å². The number of hydrogen-bond donors (Lipinski definition) is 1. The Hall–Kier alpha value is -3.53. The first-order valence-corrected chi connectivity index (χ1v) is 14.6. The van der Waals surface area contributed by atoms with Crippen molar-refractivity contribution in [1.82, 2.24) is 9.47 Å². The minimum atomic E-state index is -0.0641. The molecular formula is C35H43N3O. The van der Waals surface area contributed by atoms with E-state index < -0.39 is 0 Å². The number of carbonyl (C=O) groups excluding carboxylic acids is 1. The van der Waals surface area contributed by atoms with Gasteiger partial charge in [-0.3, -0.25) is 0 Å². The van der Waals surface area contributed by atoms with E-state index in [1.807, 2.05) is 6.07 Å². The summed E-state index contributed by atoms with van der Waals surface area (Å²) in [6, 6.07) is 25.5. The van der Waals surface area contributed by atoms with E-state index in [2.05, 4.69) is 122 Å². The molecule has 204 valence electrons. The van der Waals surface area contributed by atoms with Crippen molar-refractivity contribution in [2.75, 3.05) is 11.9 Å². The number of aryl methyl sites for hydroxylation is 1. The van der Waals surface area contributed by atoms with Crippen LogP contribution in [0.4, 0.5) is 10.5 Å². The van der Waals surface area contributed by atoms with E-state index in [1.165, 1.54) is 40.4 Å². The Kier molecular flexibility index (Phi) is 7.83. The van der Waals surface area contributed by atoms with Crippen LogP contribution in [0, 0.1) is 0 Å². The van der Waals surface area contributed by atoms with Crippen LogP contribution < -0.4 is 5.32 Å². The largest absolute Gasteiger partial charge is 0.350 e. The number of urea groups is 1. The zero-order valence-electron chi connectivity index (χ0n) is 24.2. The molecule has 1 N–H and O–H groups in total. The SMILES string of the molecule is CC(C)c1cccc(C(C)C)c1NC(=O)N(Cc1ccccc1)CC1(c2cn(C)c3ccccc23)CCCC1. The first kappa shape index (κ1) is 27.1. The van der Waals surface area contributed by atoms with E-state index in [4.69, 9.17) is 0 Å². The van der Waals surface area contributed by atoms with E-state index in [0.29, 0.717) is 24.9 Å². The number of rotatable bonds is 8. The lowest BCUT2D eigenvalue weighted by molar-refractivity contribution is 0.189. The first-order valence-electron chi connectivity index (χ1n) is 14.6. The molecule has 1 fully saturated rings. The number of amides is 2. The van der Waals surface area contributed by atoms with Crippen molar-refractivity contribution in [3.05, 3.63) is 101 Å². The Morgan fingerprint density at radius 1 is 0.872 bits per heavy atom. The molecule has 0 bridgehead atoms. The van der Waals surface area contributed by atoms with Crippen LogP contribution >= 0.6 is 0 Å². The number of carbonyl (C=O) groups is 1. The third kappa shape index (κ3) is 5.48. The van der Waals surface area contributed by atoms with Gasteiger partial charge in [0.2, 0.25) is 0 Å². The number of fused-ring (bicyclic) bond motifs is 1. The minimum absolute atomic E-state index is 0.0136. The third-order valence-corrected chi connectivity index (χ3v) is 8.63. The van der Waals surface area contributed by atoms with Crippen LogP contribution in [-0.2, 0) is 19.0 Å². The summed E-state index contributed by atoms with van der Waals surface area (Å²) in [4.78, 5) is 16.4. The summed E-state index contributed by atoms with van der Waals surface area (Å²) >= 11 is 0. The highest BCUT2D eigenvalue weighted by atomic mass is 16.2. The lowest BCUT2D eigenvalue weighted by atomic mass is 9.78. The Balaban J connectivity index is 1.55. The predicted octanol–water partition coefficient (Wildman–Crippen LogP) is 8.97. The molecule has 1 aliphatic rings. The van der Waals surface area contributed by atoms with E-state index in [0.717, 1.165) is 24.1 Å². The molecular weight excluding hydrogens is 478 g/mol. The molecule has 0 aliphatic heterocycles. The van der Waals surface area contributed by atoms with E-state index >= 15 is 0 Å². The maximum Gasteiger partial charge on any atom is 0.322 e. The maximum absolute atomic E-state index is 14.3. The monoisotopic (exact) mass is 521 g/mol. The number of nitrogens with one attached hydrogen (secondary N) is 1. The number of hydrogen-bond acceptors (Lipinski definition) is 1. The molecule has 0 saturated heterocycles. The van der Waals surface area contributed by atoms with E-state index in [9.17, 15) is 4.79 Å². The van der Waals surface area contributed by atoms with Gasteiger partial charge in [0.25, 0.3) is 0 Å². The molecule has 0 spiro atoms. The third-order valence-electron chi connectivity index (χ3n) is 8.63. The van der Waals surface area contributed by atoms with Gasteiger partial charge in [0.15, 0.2) is 0 Å². The molecule has 4 heteroatoms. The Bertz CT molecular complexity index is 1400. The summed E-state index contributed by atoms with van der Waals surface area (Å²) in [6.07, 6.45) is 6.90. The molecule has 4 nitrogen and oxygen atoms in total. The highest BCUT2D eigenvalue weighted by Gasteiger charge is 2.40. The number of aromatic nitrogens is 1. The topological polar surface area (TPSA) is 37.3 Å². The minimum Gasteiger partial charge on any atom is -0.350 e. The summed E-state index contributed by atoms with van der Waals surface area (Å²) in [5.74, 6) is 0.636. The van der Waals surface area contributed by atoms with Gasteiger partial charge in [0.05, 0.1) is 0 Å². The van der Waals surface area contributed by atoms with Gasteiger partial charge in [0.1, 0.15) is 0 Å². The fourth-order valence-corrected chi connectivity index (χ4v) is 6.58. The molecule has 0 atom stereocenters. The second kappa shape index (κ2) is 11.3. The van der Waals surface area contributed by atoms with Crippen LogP contribution in [-0.4, -0.2) is 22.0 Å². The quantitative estimate of drug-likeness (QED) is 0.247. The van der Waals surface area contributed by atoms with Crippen molar-refractivity contribution in [2.24, 2.45) is 7.05 Å². The Morgan fingerprint density at radius 2 is 1.49 bits per heavy atom. The van der Waals surface area contributed by atoms with Crippen molar-refractivity contribution in [2.45, 2.75) is 77.2 Å². The van der Waals surface area contributed by atoms with Crippen LogP contribution in [0.2, 0.25) is 0 Å². The molecule has 39 heavy (non-hydrogen) atoms. The van der Waals surface area contributed by atoms with Gasteiger partial charge in [-0.2, -0.15) is 0 Å². The van der Waals surface area contributed by atoms with Crippen molar-refractivity contribution in [3.63, 3.8) is 0 Å². The van der Waals surface area contributed by atoms with Crippen LogP contribution in [0.5, 0.6) is 0 Å². The summed E-state index contributed by atoms with van der Waals surface area (Å²) in [5.41, 5.74) is 7.10.